The van der Waals surface area contributed by atoms with Crippen LogP contribution in [0, 0.1) is 0 Å². The summed E-state index contributed by atoms with van der Waals surface area (Å²) in [5.41, 5.74) is 0. The minimum atomic E-state index is -0.159. The van der Waals surface area contributed by atoms with Gasteiger partial charge in [0.05, 0.1) is 13.2 Å². The molecule has 4 atom stereocenters. The van der Waals surface area contributed by atoms with Crippen molar-refractivity contribution < 1.29 is 23.7 Å². The van der Waals surface area contributed by atoms with Gasteiger partial charge in [-0.1, -0.05) is 0 Å². The van der Waals surface area contributed by atoms with Crippen LogP contribution in [0.4, 0.5) is 0 Å². The quantitative estimate of drug-likeness (QED) is 0.656. The highest BCUT2D eigenvalue weighted by molar-refractivity contribution is 4.89. The van der Waals surface area contributed by atoms with Crippen LogP contribution in [0.1, 0.15) is 0 Å². The zero-order chi connectivity index (χ0) is 11.3. The molecule has 1 aliphatic rings. The molecule has 1 rings (SSSR count). The maximum atomic E-state index is 5.60. The molecule has 0 spiro atoms. The van der Waals surface area contributed by atoms with Crippen LogP contribution in [0.15, 0.2) is 0 Å². The fourth-order valence-electron chi connectivity index (χ4n) is 1.91. The van der Waals surface area contributed by atoms with Crippen LogP contribution in [-0.4, -0.2) is 66.1 Å². The van der Waals surface area contributed by atoms with E-state index in [9.17, 15) is 0 Å². The van der Waals surface area contributed by atoms with Crippen molar-refractivity contribution in [3.8, 4) is 0 Å². The molecule has 0 unspecified atom stereocenters. The van der Waals surface area contributed by atoms with E-state index in [0.29, 0.717) is 13.2 Å². The van der Waals surface area contributed by atoms with E-state index in [0.717, 1.165) is 0 Å². The van der Waals surface area contributed by atoms with Crippen molar-refractivity contribution in [1.29, 1.82) is 0 Å². The average molecular weight is 220 g/mol. The largest absolute Gasteiger partial charge is 0.382 e. The Balaban J connectivity index is 2.65. The van der Waals surface area contributed by atoms with Gasteiger partial charge in [-0.25, -0.2) is 0 Å². The third-order valence-corrected chi connectivity index (χ3v) is 2.71. The molecular formula is C10H20O5. The summed E-state index contributed by atoms with van der Waals surface area (Å²) in [5.74, 6) is 0. The molecule has 0 amide bonds. The standard InChI is InChI=1S/C10H20O5/c1-11-5-8-10(14-4)9(13-3)7(12-2)6-15-8/h7-10H,5-6H2,1-4H3/t7-,8-,9-,10-/m1/s1. The van der Waals surface area contributed by atoms with E-state index in [4.69, 9.17) is 23.7 Å². The predicted molar refractivity (Wildman–Crippen MR) is 54.0 cm³/mol. The van der Waals surface area contributed by atoms with Gasteiger partial charge in [0.25, 0.3) is 0 Å². The molecular weight excluding hydrogens is 200 g/mol. The average Bonchev–Trinajstić information content (AvgIpc) is 2.28. The summed E-state index contributed by atoms with van der Waals surface area (Å²) in [4.78, 5) is 0. The third-order valence-electron chi connectivity index (χ3n) is 2.71. The lowest BCUT2D eigenvalue weighted by molar-refractivity contribution is -0.219. The molecule has 0 aromatic carbocycles. The lowest BCUT2D eigenvalue weighted by Gasteiger charge is -2.40. The smallest absolute Gasteiger partial charge is 0.114 e. The van der Waals surface area contributed by atoms with Gasteiger partial charge in [0.1, 0.15) is 24.4 Å². The molecule has 15 heavy (non-hydrogen) atoms. The minimum Gasteiger partial charge on any atom is -0.382 e. The van der Waals surface area contributed by atoms with Crippen molar-refractivity contribution >= 4 is 0 Å². The van der Waals surface area contributed by atoms with Crippen molar-refractivity contribution in [2.24, 2.45) is 0 Å². The van der Waals surface area contributed by atoms with Gasteiger partial charge in [0.15, 0.2) is 0 Å². The van der Waals surface area contributed by atoms with E-state index in [1.54, 1.807) is 28.4 Å². The Labute approximate surface area is 90.6 Å². The summed E-state index contributed by atoms with van der Waals surface area (Å²) in [6.45, 7) is 0.998. The molecule has 5 heteroatoms. The lowest BCUT2D eigenvalue weighted by Crippen LogP contribution is -2.56. The molecule has 90 valence electrons. The van der Waals surface area contributed by atoms with Gasteiger partial charge in [-0.2, -0.15) is 0 Å². The van der Waals surface area contributed by atoms with Crippen molar-refractivity contribution in [2.75, 3.05) is 41.7 Å². The summed E-state index contributed by atoms with van der Waals surface area (Å²) in [6, 6.07) is 0. The summed E-state index contributed by atoms with van der Waals surface area (Å²) in [7, 11) is 6.57. The highest BCUT2D eigenvalue weighted by atomic mass is 16.6. The van der Waals surface area contributed by atoms with E-state index in [1.165, 1.54) is 0 Å². The molecule has 0 radical (unpaired) electrons. The number of hydrogen-bond acceptors (Lipinski definition) is 5. The zero-order valence-electron chi connectivity index (χ0n) is 9.76. The third kappa shape index (κ3) is 2.89. The van der Waals surface area contributed by atoms with Crippen molar-refractivity contribution in [3.63, 3.8) is 0 Å². The summed E-state index contributed by atoms with van der Waals surface area (Å²) in [6.07, 6.45) is -0.466. The molecule has 0 bridgehead atoms. The van der Waals surface area contributed by atoms with Gasteiger partial charge in [-0.15, -0.1) is 0 Å². The molecule has 1 heterocycles. The minimum absolute atomic E-state index is 0.0898. The fraction of sp³-hybridized carbons (Fsp3) is 1.00. The summed E-state index contributed by atoms with van der Waals surface area (Å²) >= 11 is 0. The number of hydrogen-bond donors (Lipinski definition) is 0. The van der Waals surface area contributed by atoms with Gasteiger partial charge in [0.2, 0.25) is 0 Å². The Bertz CT molecular complexity index is 175. The maximum absolute atomic E-state index is 5.60. The van der Waals surface area contributed by atoms with Crippen LogP contribution >= 0.6 is 0 Å². The van der Waals surface area contributed by atoms with Crippen molar-refractivity contribution in [2.45, 2.75) is 24.4 Å². The Morgan fingerprint density at radius 2 is 1.67 bits per heavy atom. The first-order chi connectivity index (χ1) is 7.28. The number of methoxy groups -OCH3 is 4. The second-order valence-corrected chi connectivity index (χ2v) is 3.50. The normalized spacial score (nSPS) is 36.8. The van der Waals surface area contributed by atoms with E-state index in [1.807, 2.05) is 0 Å². The number of ether oxygens (including phenoxy) is 5. The van der Waals surface area contributed by atoms with Crippen molar-refractivity contribution in [1.82, 2.24) is 0 Å². The van der Waals surface area contributed by atoms with E-state index < -0.39 is 0 Å². The van der Waals surface area contributed by atoms with E-state index >= 15 is 0 Å². The van der Waals surface area contributed by atoms with Crippen molar-refractivity contribution in [3.05, 3.63) is 0 Å². The molecule has 0 aromatic rings. The van der Waals surface area contributed by atoms with Crippen LogP contribution in [0.2, 0.25) is 0 Å². The summed E-state index contributed by atoms with van der Waals surface area (Å²) in [5, 5.41) is 0. The zero-order valence-corrected chi connectivity index (χ0v) is 9.76. The Kier molecular flexibility index (Phi) is 5.49. The Morgan fingerprint density at radius 3 is 2.13 bits per heavy atom. The second kappa shape index (κ2) is 6.40. The molecule has 5 nitrogen and oxygen atoms in total. The fourth-order valence-corrected chi connectivity index (χ4v) is 1.91. The summed E-state index contributed by atoms with van der Waals surface area (Å²) < 4.78 is 26.7. The van der Waals surface area contributed by atoms with Gasteiger partial charge in [0, 0.05) is 28.4 Å². The highest BCUT2D eigenvalue weighted by Crippen LogP contribution is 2.22. The SMILES string of the molecule is COC[C@H]1OC[C@@H](OC)[C@@H](OC)[C@@H]1OC. The van der Waals surface area contributed by atoms with Gasteiger partial charge in [-0.3, -0.25) is 0 Å². The van der Waals surface area contributed by atoms with Crippen LogP contribution < -0.4 is 0 Å². The number of rotatable bonds is 5. The van der Waals surface area contributed by atoms with Crippen LogP contribution in [0.25, 0.3) is 0 Å². The topological polar surface area (TPSA) is 46.2 Å². The maximum Gasteiger partial charge on any atom is 0.114 e. The first-order valence-corrected chi connectivity index (χ1v) is 4.97. The Morgan fingerprint density at radius 1 is 1.00 bits per heavy atom. The van der Waals surface area contributed by atoms with Crippen LogP contribution in [0.3, 0.4) is 0 Å². The van der Waals surface area contributed by atoms with Crippen LogP contribution in [0.5, 0.6) is 0 Å². The molecule has 1 aliphatic heterocycles. The van der Waals surface area contributed by atoms with Gasteiger partial charge >= 0.3 is 0 Å². The molecule has 0 saturated carbocycles. The van der Waals surface area contributed by atoms with Gasteiger partial charge in [-0.05, 0) is 0 Å². The monoisotopic (exact) mass is 220 g/mol. The molecule has 0 N–H and O–H groups in total. The first-order valence-electron chi connectivity index (χ1n) is 4.97. The molecule has 0 aromatic heterocycles. The van der Waals surface area contributed by atoms with Gasteiger partial charge < -0.3 is 23.7 Å². The van der Waals surface area contributed by atoms with E-state index in [-0.39, 0.29) is 24.4 Å². The first kappa shape index (κ1) is 12.9. The Hall–Kier alpha value is -0.200. The second-order valence-electron chi connectivity index (χ2n) is 3.50. The van der Waals surface area contributed by atoms with Crippen LogP contribution in [-0.2, 0) is 23.7 Å². The van der Waals surface area contributed by atoms with E-state index in [2.05, 4.69) is 0 Å². The molecule has 1 fully saturated rings. The predicted octanol–water partition coefficient (Wildman–Crippen LogP) is 0.0766. The lowest BCUT2D eigenvalue weighted by atomic mass is 10.00. The molecule has 0 aliphatic carbocycles. The molecule has 1 saturated heterocycles. The highest BCUT2D eigenvalue weighted by Gasteiger charge is 2.41.